The van der Waals surface area contributed by atoms with Crippen LogP contribution in [0.2, 0.25) is 5.02 Å². The molecule has 0 aliphatic rings. The molecule has 2 aromatic rings. The maximum atomic E-state index is 13.8. The van der Waals surface area contributed by atoms with Crippen LogP contribution in [-0.2, 0) is 6.42 Å². The Morgan fingerprint density at radius 3 is 2.67 bits per heavy atom. The minimum Gasteiger partial charge on any atom is -0.324 e. The monoisotopic (exact) mass is 375 g/mol. The number of hydrogen-bond acceptors (Lipinski definition) is 1. The highest BCUT2D eigenvalue weighted by atomic mass is 127. The molecule has 1 unspecified atom stereocenters. The number of nitrogens with two attached hydrogens (primary N) is 1. The van der Waals surface area contributed by atoms with E-state index in [1.807, 2.05) is 24.3 Å². The first-order valence-corrected chi connectivity index (χ1v) is 6.97. The van der Waals surface area contributed by atoms with Gasteiger partial charge in [0, 0.05) is 9.61 Å². The van der Waals surface area contributed by atoms with Crippen molar-refractivity contribution < 1.29 is 4.39 Å². The second kappa shape index (κ2) is 5.99. The van der Waals surface area contributed by atoms with E-state index in [0.29, 0.717) is 12.0 Å². The normalized spacial score (nSPS) is 12.4. The van der Waals surface area contributed by atoms with Crippen molar-refractivity contribution in [3.05, 3.63) is 68.0 Å². The van der Waals surface area contributed by atoms with Crippen LogP contribution in [0.4, 0.5) is 4.39 Å². The molecule has 0 heterocycles. The summed E-state index contributed by atoms with van der Waals surface area (Å²) in [5.41, 5.74) is 7.65. The van der Waals surface area contributed by atoms with Crippen LogP contribution < -0.4 is 5.73 Å². The van der Waals surface area contributed by atoms with Crippen molar-refractivity contribution in [2.24, 2.45) is 5.73 Å². The molecule has 18 heavy (non-hydrogen) atoms. The fourth-order valence-corrected chi connectivity index (χ4v) is 2.56. The third kappa shape index (κ3) is 3.22. The summed E-state index contributed by atoms with van der Waals surface area (Å²) in [4.78, 5) is 0. The molecule has 4 heteroatoms. The van der Waals surface area contributed by atoms with E-state index >= 15 is 0 Å². The van der Waals surface area contributed by atoms with Crippen LogP contribution in [0.3, 0.4) is 0 Å². The average Bonchev–Trinajstić information content (AvgIpc) is 2.35. The molecule has 2 N–H and O–H groups in total. The van der Waals surface area contributed by atoms with Gasteiger partial charge in [-0.3, -0.25) is 0 Å². The molecule has 1 nitrogen and oxygen atoms in total. The van der Waals surface area contributed by atoms with Crippen molar-refractivity contribution in [2.45, 2.75) is 12.5 Å². The summed E-state index contributed by atoms with van der Waals surface area (Å²) in [7, 11) is 0. The van der Waals surface area contributed by atoms with Crippen molar-refractivity contribution in [2.75, 3.05) is 0 Å². The zero-order valence-corrected chi connectivity index (χ0v) is 12.5. The molecule has 0 aromatic heterocycles. The van der Waals surface area contributed by atoms with Crippen LogP contribution in [0.1, 0.15) is 17.2 Å². The summed E-state index contributed by atoms with van der Waals surface area (Å²) in [6.45, 7) is 0. The average molecular weight is 376 g/mol. The molecule has 0 radical (unpaired) electrons. The zero-order valence-electron chi connectivity index (χ0n) is 9.54. The molecule has 0 fully saturated rings. The predicted octanol–water partition coefficient (Wildman–Crippen LogP) is 4.33. The molecule has 0 saturated carbocycles. The van der Waals surface area contributed by atoms with Crippen molar-refractivity contribution in [1.29, 1.82) is 0 Å². The standard InChI is InChI=1S/C14H12ClFIN/c15-12-6-2-4-10(14(12)16)8-13(18)9-3-1-5-11(17)7-9/h1-7,13H,8,18H2. The number of hydrogen-bond donors (Lipinski definition) is 1. The van der Waals surface area contributed by atoms with Crippen LogP contribution in [0.25, 0.3) is 0 Å². The van der Waals surface area contributed by atoms with E-state index < -0.39 is 0 Å². The van der Waals surface area contributed by atoms with E-state index in [1.54, 1.807) is 12.1 Å². The smallest absolute Gasteiger partial charge is 0.145 e. The van der Waals surface area contributed by atoms with Crippen LogP contribution in [-0.4, -0.2) is 0 Å². The van der Waals surface area contributed by atoms with Crippen molar-refractivity contribution in [3.63, 3.8) is 0 Å². The first kappa shape index (κ1) is 13.8. The summed E-state index contributed by atoms with van der Waals surface area (Å²) in [5, 5.41) is 0.141. The van der Waals surface area contributed by atoms with Gasteiger partial charge in [-0.25, -0.2) is 4.39 Å². The van der Waals surface area contributed by atoms with Gasteiger partial charge in [0.15, 0.2) is 0 Å². The fraction of sp³-hybridized carbons (Fsp3) is 0.143. The Hall–Kier alpha value is -0.650. The van der Waals surface area contributed by atoms with E-state index in [9.17, 15) is 4.39 Å². The molecule has 1 atom stereocenters. The molecule has 0 aliphatic carbocycles. The quantitative estimate of drug-likeness (QED) is 0.794. The van der Waals surface area contributed by atoms with E-state index in [-0.39, 0.29) is 16.9 Å². The number of benzene rings is 2. The topological polar surface area (TPSA) is 26.0 Å². The third-order valence-corrected chi connectivity index (χ3v) is 3.71. The molecule has 2 aromatic carbocycles. The lowest BCUT2D eigenvalue weighted by Crippen LogP contribution is -2.14. The summed E-state index contributed by atoms with van der Waals surface area (Å²) in [6, 6.07) is 12.7. The first-order chi connectivity index (χ1) is 8.58. The lowest BCUT2D eigenvalue weighted by molar-refractivity contribution is 0.593. The van der Waals surface area contributed by atoms with Crippen molar-refractivity contribution >= 4 is 34.2 Å². The molecular weight excluding hydrogens is 364 g/mol. The van der Waals surface area contributed by atoms with Gasteiger partial charge < -0.3 is 5.73 Å². The van der Waals surface area contributed by atoms with E-state index in [0.717, 1.165) is 9.13 Å². The van der Waals surface area contributed by atoms with E-state index in [2.05, 4.69) is 22.6 Å². The molecular formula is C14H12ClFIN. The zero-order chi connectivity index (χ0) is 13.1. The van der Waals surface area contributed by atoms with Gasteiger partial charge in [0.2, 0.25) is 0 Å². The van der Waals surface area contributed by atoms with Gasteiger partial charge in [-0.05, 0) is 58.3 Å². The summed E-state index contributed by atoms with van der Waals surface area (Å²) >= 11 is 7.98. The van der Waals surface area contributed by atoms with Crippen LogP contribution in [0, 0.1) is 9.39 Å². The van der Waals surface area contributed by atoms with Gasteiger partial charge in [-0.2, -0.15) is 0 Å². The summed E-state index contributed by atoms with van der Waals surface area (Å²) in [6.07, 6.45) is 0.437. The Balaban J connectivity index is 2.21. The van der Waals surface area contributed by atoms with Gasteiger partial charge >= 0.3 is 0 Å². The maximum absolute atomic E-state index is 13.8. The predicted molar refractivity (Wildman–Crippen MR) is 81.2 cm³/mol. The van der Waals surface area contributed by atoms with Crippen LogP contribution in [0.15, 0.2) is 42.5 Å². The second-order valence-corrected chi connectivity index (χ2v) is 5.73. The summed E-state index contributed by atoms with van der Waals surface area (Å²) < 4.78 is 14.9. The minimum atomic E-state index is -0.375. The van der Waals surface area contributed by atoms with E-state index in [4.69, 9.17) is 17.3 Å². The molecule has 94 valence electrons. The number of rotatable bonds is 3. The van der Waals surface area contributed by atoms with Crippen LogP contribution in [0.5, 0.6) is 0 Å². The van der Waals surface area contributed by atoms with Crippen molar-refractivity contribution in [1.82, 2.24) is 0 Å². The Bertz CT molecular complexity index is 559. The Kier molecular flexibility index (Phi) is 4.59. The van der Waals surface area contributed by atoms with E-state index in [1.165, 1.54) is 6.07 Å². The highest BCUT2D eigenvalue weighted by Crippen LogP contribution is 2.23. The molecule has 0 spiro atoms. The van der Waals surface area contributed by atoms with Gasteiger partial charge in [0.25, 0.3) is 0 Å². The van der Waals surface area contributed by atoms with Gasteiger partial charge in [0.05, 0.1) is 5.02 Å². The lowest BCUT2D eigenvalue weighted by atomic mass is 9.99. The summed E-state index contributed by atoms with van der Waals surface area (Å²) in [5.74, 6) is -0.375. The van der Waals surface area contributed by atoms with Crippen molar-refractivity contribution in [3.8, 4) is 0 Å². The first-order valence-electron chi connectivity index (χ1n) is 5.52. The highest BCUT2D eigenvalue weighted by molar-refractivity contribution is 14.1. The fourth-order valence-electron chi connectivity index (χ4n) is 1.80. The molecule has 0 aliphatic heterocycles. The Morgan fingerprint density at radius 2 is 1.94 bits per heavy atom. The minimum absolute atomic E-state index is 0.141. The largest absolute Gasteiger partial charge is 0.324 e. The van der Waals surface area contributed by atoms with Gasteiger partial charge in [-0.15, -0.1) is 0 Å². The highest BCUT2D eigenvalue weighted by Gasteiger charge is 2.12. The Labute approximate surface area is 124 Å². The van der Waals surface area contributed by atoms with Gasteiger partial charge in [-0.1, -0.05) is 35.9 Å². The SMILES string of the molecule is NC(Cc1cccc(Cl)c1F)c1cccc(I)c1. The lowest BCUT2D eigenvalue weighted by Gasteiger charge is -2.13. The molecule has 2 rings (SSSR count). The molecule has 0 bridgehead atoms. The third-order valence-electron chi connectivity index (χ3n) is 2.75. The van der Waals surface area contributed by atoms with Crippen LogP contribution >= 0.6 is 34.2 Å². The maximum Gasteiger partial charge on any atom is 0.145 e. The second-order valence-electron chi connectivity index (χ2n) is 4.08. The number of halogens is 3. The molecule has 0 amide bonds. The van der Waals surface area contributed by atoms with Gasteiger partial charge in [0.1, 0.15) is 5.82 Å². The molecule has 0 saturated heterocycles. The Morgan fingerprint density at radius 1 is 1.22 bits per heavy atom.